The molecule has 0 fully saturated rings. The lowest BCUT2D eigenvalue weighted by molar-refractivity contribution is 1.03. The van der Waals surface area contributed by atoms with E-state index in [0.29, 0.717) is 0 Å². The predicted molar refractivity (Wildman–Crippen MR) is 47.4 cm³/mol. The molecule has 0 aliphatic carbocycles. The van der Waals surface area contributed by atoms with Gasteiger partial charge in [-0.3, -0.25) is 9.78 Å². The largest absolute Gasteiger partial charge is 0.369 e. The Morgan fingerprint density at radius 3 is 3.00 bits per heavy atom. The standard InChI is InChI=1S/C6H4ClN5O/c7-3-1-2-4(12-11-3)9-6(8)10-5(2)13/h1H,(H3,8,9,10,12,13). The second-order valence-corrected chi connectivity index (χ2v) is 2.74. The van der Waals surface area contributed by atoms with Gasteiger partial charge in [0.05, 0.1) is 5.39 Å². The summed E-state index contributed by atoms with van der Waals surface area (Å²) in [6.07, 6.45) is 0. The van der Waals surface area contributed by atoms with Crippen molar-refractivity contribution >= 4 is 28.6 Å². The Kier molecular flexibility index (Phi) is 1.63. The molecule has 0 spiro atoms. The lowest BCUT2D eigenvalue weighted by Gasteiger charge is -1.95. The lowest BCUT2D eigenvalue weighted by Crippen LogP contribution is -2.12. The van der Waals surface area contributed by atoms with Gasteiger partial charge in [0.25, 0.3) is 5.56 Å². The number of H-pyrrole nitrogens is 1. The van der Waals surface area contributed by atoms with E-state index in [0.717, 1.165) is 0 Å². The fourth-order valence-electron chi connectivity index (χ4n) is 0.937. The van der Waals surface area contributed by atoms with Crippen LogP contribution in [-0.2, 0) is 0 Å². The molecule has 0 saturated heterocycles. The average molecular weight is 198 g/mol. The van der Waals surface area contributed by atoms with Crippen molar-refractivity contribution in [3.8, 4) is 0 Å². The van der Waals surface area contributed by atoms with Crippen LogP contribution in [0.25, 0.3) is 11.0 Å². The molecule has 0 aliphatic heterocycles. The summed E-state index contributed by atoms with van der Waals surface area (Å²) < 4.78 is 0. The van der Waals surface area contributed by atoms with Crippen LogP contribution < -0.4 is 11.3 Å². The number of fused-ring (bicyclic) bond motifs is 1. The molecule has 0 saturated carbocycles. The van der Waals surface area contributed by atoms with Gasteiger partial charge in [-0.2, -0.15) is 4.98 Å². The smallest absolute Gasteiger partial charge is 0.261 e. The van der Waals surface area contributed by atoms with E-state index in [4.69, 9.17) is 17.3 Å². The highest BCUT2D eigenvalue weighted by Gasteiger charge is 2.04. The Labute approximate surface area is 76.8 Å². The monoisotopic (exact) mass is 197 g/mol. The maximum absolute atomic E-state index is 11.2. The van der Waals surface area contributed by atoms with Gasteiger partial charge in [-0.05, 0) is 6.07 Å². The minimum Gasteiger partial charge on any atom is -0.369 e. The average Bonchev–Trinajstić information content (AvgIpc) is 2.06. The van der Waals surface area contributed by atoms with Crippen LogP contribution in [0.5, 0.6) is 0 Å². The molecule has 2 heterocycles. The minimum atomic E-state index is -0.376. The van der Waals surface area contributed by atoms with Crippen molar-refractivity contribution in [1.82, 2.24) is 20.2 Å². The van der Waals surface area contributed by atoms with Gasteiger partial charge >= 0.3 is 0 Å². The van der Waals surface area contributed by atoms with Gasteiger partial charge < -0.3 is 5.73 Å². The van der Waals surface area contributed by atoms with Gasteiger partial charge in [0.2, 0.25) is 5.95 Å². The number of halogens is 1. The maximum Gasteiger partial charge on any atom is 0.261 e. The molecular formula is C6H4ClN5O. The third kappa shape index (κ3) is 1.31. The highest BCUT2D eigenvalue weighted by atomic mass is 35.5. The molecule has 2 aromatic rings. The van der Waals surface area contributed by atoms with E-state index in [9.17, 15) is 4.79 Å². The van der Waals surface area contributed by atoms with Gasteiger partial charge in [0, 0.05) is 0 Å². The van der Waals surface area contributed by atoms with Crippen LogP contribution in [0.2, 0.25) is 5.15 Å². The zero-order valence-corrected chi connectivity index (χ0v) is 7.04. The topological polar surface area (TPSA) is 97.5 Å². The van der Waals surface area contributed by atoms with Crippen molar-refractivity contribution in [2.45, 2.75) is 0 Å². The summed E-state index contributed by atoms with van der Waals surface area (Å²) in [5.74, 6) is 0.00845. The van der Waals surface area contributed by atoms with Crippen LogP contribution in [0.4, 0.5) is 5.95 Å². The van der Waals surface area contributed by atoms with Gasteiger partial charge in [-0.15, -0.1) is 10.2 Å². The second kappa shape index (κ2) is 2.67. The summed E-state index contributed by atoms with van der Waals surface area (Å²) in [7, 11) is 0. The predicted octanol–water partition coefficient (Wildman–Crippen LogP) is -0.0513. The van der Waals surface area contributed by atoms with Crippen LogP contribution in [0, 0.1) is 0 Å². The fraction of sp³-hybridized carbons (Fsp3) is 0. The van der Waals surface area contributed by atoms with Crippen molar-refractivity contribution in [1.29, 1.82) is 0 Å². The molecule has 66 valence electrons. The molecular weight excluding hydrogens is 194 g/mol. The summed E-state index contributed by atoms with van der Waals surface area (Å²) in [5, 5.41) is 7.56. The molecule has 13 heavy (non-hydrogen) atoms. The van der Waals surface area contributed by atoms with E-state index in [1.54, 1.807) is 0 Å². The van der Waals surface area contributed by atoms with E-state index in [1.807, 2.05) is 0 Å². The zero-order chi connectivity index (χ0) is 9.42. The normalized spacial score (nSPS) is 10.5. The molecule has 3 N–H and O–H groups in total. The number of rotatable bonds is 0. The molecule has 0 radical (unpaired) electrons. The molecule has 0 bridgehead atoms. The number of nitrogens with two attached hydrogens (primary N) is 1. The summed E-state index contributed by atoms with van der Waals surface area (Å²) in [4.78, 5) is 17.3. The van der Waals surface area contributed by atoms with E-state index in [-0.39, 0.29) is 27.7 Å². The molecule has 0 amide bonds. The Morgan fingerprint density at radius 2 is 2.23 bits per heavy atom. The van der Waals surface area contributed by atoms with Gasteiger partial charge in [-0.25, -0.2) is 0 Å². The first-order chi connectivity index (χ1) is 6.16. The molecule has 0 unspecified atom stereocenters. The first kappa shape index (κ1) is 7.93. The zero-order valence-electron chi connectivity index (χ0n) is 6.28. The molecule has 2 aromatic heterocycles. The van der Waals surface area contributed by atoms with Crippen molar-refractivity contribution in [2.24, 2.45) is 0 Å². The molecule has 0 aliphatic rings. The van der Waals surface area contributed by atoms with Crippen molar-refractivity contribution in [3.63, 3.8) is 0 Å². The summed E-state index contributed by atoms with van der Waals surface area (Å²) >= 11 is 5.55. The molecule has 2 rings (SSSR count). The summed E-state index contributed by atoms with van der Waals surface area (Å²) in [5.41, 5.74) is 5.11. The van der Waals surface area contributed by atoms with E-state index >= 15 is 0 Å². The number of anilines is 1. The van der Waals surface area contributed by atoms with Crippen LogP contribution in [0.1, 0.15) is 0 Å². The number of hydrogen-bond acceptors (Lipinski definition) is 5. The third-order valence-electron chi connectivity index (χ3n) is 1.46. The molecule has 7 heteroatoms. The number of aromatic nitrogens is 4. The van der Waals surface area contributed by atoms with Gasteiger partial charge in [0.1, 0.15) is 0 Å². The number of hydrogen-bond donors (Lipinski definition) is 2. The first-order valence-electron chi connectivity index (χ1n) is 3.35. The number of nitrogen functional groups attached to an aromatic ring is 1. The Bertz CT molecular complexity index is 522. The Hall–Kier alpha value is -1.69. The SMILES string of the molecule is Nc1nc2nnc(Cl)cc2c(=O)[nH]1. The first-order valence-corrected chi connectivity index (χ1v) is 3.73. The summed E-state index contributed by atoms with van der Waals surface area (Å²) in [6.45, 7) is 0. The molecule has 0 aromatic carbocycles. The Morgan fingerprint density at radius 1 is 1.46 bits per heavy atom. The third-order valence-corrected chi connectivity index (χ3v) is 1.64. The summed E-state index contributed by atoms with van der Waals surface area (Å²) in [6, 6.07) is 1.38. The van der Waals surface area contributed by atoms with Crippen LogP contribution >= 0.6 is 11.6 Å². The van der Waals surface area contributed by atoms with Crippen LogP contribution in [0.15, 0.2) is 10.9 Å². The Balaban J connectivity index is 2.95. The number of aromatic amines is 1. The van der Waals surface area contributed by atoms with E-state index < -0.39 is 0 Å². The molecule has 6 nitrogen and oxygen atoms in total. The van der Waals surface area contributed by atoms with Gasteiger partial charge in [-0.1, -0.05) is 11.6 Å². The van der Waals surface area contributed by atoms with Crippen LogP contribution in [-0.4, -0.2) is 20.2 Å². The van der Waals surface area contributed by atoms with Crippen molar-refractivity contribution in [2.75, 3.05) is 5.73 Å². The van der Waals surface area contributed by atoms with Crippen LogP contribution in [0.3, 0.4) is 0 Å². The number of nitrogens with one attached hydrogen (secondary N) is 1. The second-order valence-electron chi connectivity index (χ2n) is 2.36. The highest BCUT2D eigenvalue weighted by Crippen LogP contribution is 2.08. The minimum absolute atomic E-state index is 0.00845. The molecule has 0 atom stereocenters. The number of nitrogens with zero attached hydrogens (tertiary/aromatic N) is 3. The van der Waals surface area contributed by atoms with Crippen molar-refractivity contribution in [3.05, 3.63) is 21.6 Å². The highest BCUT2D eigenvalue weighted by molar-refractivity contribution is 6.29. The maximum atomic E-state index is 11.2. The van der Waals surface area contributed by atoms with Crippen molar-refractivity contribution < 1.29 is 0 Å². The fourth-order valence-corrected chi connectivity index (χ4v) is 1.08. The van der Waals surface area contributed by atoms with Gasteiger partial charge in [0.15, 0.2) is 10.8 Å². The van der Waals surface area contributed by atoms with E-state index in [1.165, 1.54) is 6.07 Å². The lowest BCUT2D eigenvalue weighted by atomic mass is 10.4. The quantitative estimate of drug-likeness (QED) is 0.617. The van der Waals surface area contributed by atoms with E-state index in [2.05, 4.69) is 20.2 Å².